The Labute approximate surface area is 96.1 Å². The predicted molar refractivity (Wildman–Crippen MR) is 58.1 cm³/mol. The number of unbranched alkanes of at least 4 members (excludes halogenated alkanes) is 1. The Kier molecular flexibility index (Phi) is 8.29. The van der Waals surface area contributed by atoms with Crippen molar-refractivity contribution in [3.63, 3.8) is 0 Å². The third-order valence-electron chi connectivity index (χ3n) is 1.93. The molecule has 0 amide bonds. The normalized spacial score (nSPS) is 11.7. The highest BCUT2D eigenvalue weighted by Crippen LogP contribution is 1.97. The minimum atomic E-state index is -0.824. The summed E-state index contributed by atoms with van der Waals surface area (Å²) in [4.78, 5) is 22.0. The topological polar surface area (TPSA) is 61.8 Å². The largest absolute Gasteiger partial charge is 0.508 e. The van der Waals surface area contributed by atoms with Gasteiger partial charge in [0.1, 0.15) is 0 Å². The van der Waals surface area contributed by atoms with Gasteiger partial charge in [0, 0.05) is 0 Å². The average molecular weight is 232 g/mol. The van der Waals surface area contributed by atoms with Gasteiger partial charge in [0.2, 0.25) is 0 Å². The quantitative estimate of drug-likeness (QED) is 0.497. The van der Waals surface area contributed by atoms with Gasteiger partial charge in [0.05, 0.1) is 12.7 Å². The number of rotatable bonds is 7. The van der Waals surface area contributed by atoms with E-state index in [1.165, 1.54) is 0 Å². The van der Waals surface area contributed by atoms with Crippen LogP contribution in [0.5, 0.6) is 0 Å². The van der Waals surface area contributed by atoms with Crippen LogP contribution in [0.2, 0.25) is 0 Å². The van der Waals surface area contributed by atoms with E-state index in [2.05, 4.69) is 4.74 Å². The third kappa shape index (κ3) is 8.08. The van der Waals surface area contributed by atoms with Crippen LogP contribution in [0.4, 0.5) is 4.79 Å². The first-order valence-corrected chi connectivity index (χ1v) is 5.59. The smallest absolute Gasteiger partial charge is 0.460 e. The number of hydrogen-bond acceptors (Lipinski definition) is 5. The number of carbonyl (C=O) groups is 2. The molecular formula is C11H20O5. The first-order valence-electron chi connectivity index (χ1n) is 5.59. The summed E-state index contributed by atoms with van der Waals surface area (Å²) in [6, 6.07) is 0. The standard InChI is InChI=1S/C11H20O5/c1-4-6-7-14-11(13)15-8-10(12)16-9(3)5-2/h9H,4-8H2,1-3H3. The monoisotopic (exact) mass is 232 g/mol. The zero-order valence-corrected chi connectivity index (χ0v) is 10.2. The van der Waals surface area contributed by atoms with Gasteiger partial charge >= 0.3 is 12.1 Å². The third-order valence-corrected chi connectivity index (χ3v) is 1.93. The second-order valence-electron chi connectivity index (χ2n) is 3.45. The van der Waals surface area contributed by atoms with Crippen molar-refractivity contribution in [1.29, 1.82) is 0 Å². The van der Waals surface area contributed by atoms with Crippen molar-refractivity contribution in [2.75, 3.05) is 13.2 Å². The molecule has 0 aromatic carbocycles. The number of ether oxygens (including phenoxy) is 3. The van der Waals surface area contributed by atoms with Crippen LogP contribution in [0.15, 0.2) is 0 Å². The molecule has 0 aromatic rings. The summed E-state index contributed by atoms with van der Waals surface area (Å²) in [6.45, 7) is 5.58. The summed E-state index contributed by atoms with van der Waals surface area (Å²) < 4.78 is 14.2. The van der Waals surface area contributed by atoms with E-state index < -0.39 is 18.7 Å². The van der Waals surface area contributed by atoms with Gasteiger partial charge < -0.3 is 14.2 Å². The van der Waals surface area contributed by atoms with Gasteiger partial charge in [-0.15, -0.1) is 0 Å². The van der Waals surface area contributed by atoms with Gasteiger partial charge in [0.15, 0.2) is 6.61 Å². The molecule has 5 nitrogen and oxygen atoms in total. The molecule has 0 bridgehead atoms. The minimum absolute atomic E-state index is 0.160. The molecular weight excluding hydrogens is 212 g/mol. The van der Waals surface area contributed by atoms with Crippen LogP contribution in [0.25, 0.3) is 0 Å². The highest BCUT2D eigenvalue weighted by atomic mass is 16.7. The SMILES string of the molecule is CCCCOC(=O)OCC(=O)OC(C)CC. The van der Waals surface area contributed by atoms with Gasteiger partial charge in [-0.2, -0.15) is 0 Å². The van der Waals surface area contributed by atoms with Gasteiger partial charge in [-0.25, -0.2) is 9.59 Å². The van der Waals surface area contributed by atoms with Gasteiger partial charge in [0.25, 0.3) is 0 Å². The maximum Gasteiger partial charge on any atom is 0.508 e. The molecule has 0 fully saturated rings. The van der Waals surface area contributed by atoms with E-state index in [4.69, 9.17) is 9.47 Å². The molecule has 0 saturated carbocycles. The van der Waals surface area contributed by atoms with Gasteiger partial charge in [-0.1, -0.05) is 20.3 Å². The van der Waals surface area contributed by atoms with Crippen LogP contribution in [-0.4, -0.2) is 31.4 Å². The number of carbonyl (C=O) groups excluding carboxylic acids is 2. The van der Waals surface area contributed by atoms with E-state index in [-0.39, 0.29) is 6.10 Å². The molecule has 0 aromatic heterocycles. The fraction of sp³-hybridized carbons (Fsp3) is 0.818. The molecule has 0 aliphatic heterocycles. The van der Waals surface area contributed by atoms with Crippen LogP contribution >= 0.6 is 0 Å². The van der Waals surface area contributed by atoms with Crippen LogP contribution in [0, 0.1) is 0 Å². The summed E-state index contributed by atoms with van der Waals surface area (Å²) in [7, 11) is 0. The molecule has 0 N–H and O–H groups in total. The molecule has 0 heterocycles. The Morgan fingerprint density at radius 2 is 1.88 bits per heavy atom. The first-order chi connectivity index (χ1) is 7.60. The van der Waals surface area contributed by atoms with Crippen molar-refractivity contribution in [3.8, 4) is 0 Å². The van der Waals surface area contributed by atoms with Crippen molar-refractivity contribution in [2.24, 2.45) is 0 Å². The number of hydrogen-bond donors (Lipinski definition) is 0. The van der Waals surface area contributed by atoms with Crippen LogP contribution < -0.4 is 0 Å². The highest BCUT2D eigenvalue weighted by molar-refractivity contribution is 5.73. The molecule has 0 rings (SSSR count). The molecule has 1 atom stereocenters. The lowest BCUT2D eigenvalue weighted by atomic mass is 10.3. The molecule has 0 saturated heterocycles. The maximum atomic E-state index is 11.1. The Balaban J connectivity index is 3.55. The predicted octanol–water partition coefficient (Wildman–Crippen LogP) is 2.28. The molecule has 0 radical (unpaired) electrons. The van der Waals surface area contributed by atoms with Crippen LogP contribution in [-0.2, 0) is 19.0 Å². The summed E-state index contributed by atoms with van der Waals surface area (Å²) >= 11 is 0. The highest BCUT2D eigenvalue weighted by Gasteiger charge is 2.11. The summed E-state index contributed by atoms with van der Waals surface area (Å²) in [5.41, 5.74) is 0. The Hall–Kier alpha value is -1.26. The van der Waals surface area contributed by atoms with Gasteiger partial charge in [-0.05, 0) is 19.8 Å². The van der Waals surface area contributed by atoms with Crippen molar-refractivity contribution in [2.45, 2.75) is 46.1 Å². The van der Waals surface area contributed by atoms with Crippen molar-refractivity contribution >= 4 is 12.1 Å². The Bertz CT molecular complexity index is 214. The lowest BCUT2D eigenvalue weighted by Gasteiger charge is -2.10. The fourth-order valence-electron chi connectivity index (χ4n) is 0.801. The molecule has 1 unspecified atom stereocenters. The van der Waals surface area contributed by atoms with E-state index in [0.717, 1.165) is 19.3 Å². The molecule has 16 heavy (non-hydrogen) atoms. The second-order valence-corrected chi connectivity index (χ2v) is 3.45. The van der Waals surface area contributed by atoms with Crippen molar-refractivity contribution < 1.29 is 23.8 Å². The molecule has 0 aliphatic rings. The molecule has 0 spiro atoms. The van der Waals surface area contributed by atoms with Gasteiger partial charge in [-0.3, -0.25) is 0 Å². The average Bonchev–Trinajstić information content (AvgIpc) is 2.26. The van der Waals surface area contributed by atoms with Crippen molar-refractivity contribution in [3.05, 3.63) is 0 Å². The van der Waals surface area contributed by atoms with Crippen LogP contribution in [0.1, 0.15) is 40.0 Å². The van der Waals surface area contributed by atoms with E-state index in [1.54, 1.807) is 6.92 Å². The van der Waals surface area contributed by atoms with E-state index in [0.29, 0.717) is 6.61 Å². The summed E-state index contributed by atoms with van der Waals surface area (Å²) in [5, 5.41) is 0. The summed E-state index contributed by atoms with van der Waals surface area (Å²) in [6.07, 6.45) is 1.46. The lowest BCUT2D eigenvalue weighted by molar-refractivity contribution is -0.152. The second kappa shape index (κ2) is 9.00. The van der Waals surface area contributed by atoms with E-state index in [9.17, 15) is 9.59 Å². The van der Waals surface area contributed by atoms with E-state index >= 15 is 0 Å². The lowest BCUT2D eigenvalue weighted by Crippen LogP contribution is -2.21. The summed E-state index contributed by atoms with van der Waals surface area (Å²) in [5.74, 6) is -0.554. The Morgan fingerprint density at radius 3 is 2.44 bits per heavy atom. The molecule has 5 heteroatoms. The first kappa shape index (κ1) is 14.7. The zero-order chi connectivity index (χ0) is 12.4. The maximum absolute atomic E-state index is 11.1. The Morgan fingerprint density at radius 1 is 1.19 bits per heavy atom. The molecule has 0 aliphatic carbocycles. The minimum Gasteiger partial charge on any atom is -0.460 e. The zero-order valence-electron chi connectivity index (χ0n) is 10.2. The van der Waals surface area contributed by atoms with Crippen LogP contribution in [0.3, 0.4) is 0 Å². The molecule has 94 valence electrons. The number of esters is 1. The van der Waals surface area contributed by atoms with Crippen molar-refractivity contribution in [1.82, 2.24) is 0 Å². The van der Waals surface area contributed by atoms with E-state index in [1.807, 2.05) is 13.8 Å². The fourth-order valence-corrected chi connectivity index (χ4v) is 0.801.